The molecule has 0 bridgehead atoms. The molecule has 0 saturated heterocycles. The highest BCUT2D eigenvalue weighted by atomic mass is 32.1. The van der Waals surface area contributed by atoms with Gasteiger partial charge in [-0.25, -0.2) is 4.79 Å². The van der Waals surface area contributed by atoms with Crippen LogP contribution in [0.2, 0.25) is 0 Å². The molecule has 1 unspecified atom stereocenters. The summed E-state index contributed by atoms with van der Waals surface area (Å²) in [4.78, 5) is 17.0. The van der Waals surface area contributed by atoms with Gasteiger partial charge in [-0.1, -0.05) is 60.7 Å². The summed E-state index contributed by atoms with van der Waals surface area (Å²) in [5, 5.41) is 12.1. The lowest BCUT2D eigenvalue weighted by Crippen LogP contribution is -2.06. The van der Waals surface area contributed by atoms with E-state index in [-0.39, 0.29) is 12.1 Å². The van der Waals surface area contributed by atoms with Crippen molar-refractivity contribution in [3.05, 3.63) is 124 Å². The SMILES string of the molecule is COC(=O)c1ccc(COC(c2ccc(C#N)c(-c3cccc4ccccc34)c2)c2cncs2)cc1. The largest absolute Gasteiger partial charge is 0.465 e. The van der Waals surface area contributed by atoms with E-state index in [1.165, 1.54) is 18.4 Å². The molecule has 1 heterocycles. The number of ether oxygens (including phenoxy) is 2. The molecule has 0 aliphatic heterocycles. The molecule has 0 N–H and O–H groups in total. The Morgan fingerprint density at radius 2 is 1.81 bits per heavy atom. The van der Waals surface area contributed by atoms with E-state index in [4.69, 9.17) is 9.47 Å². The number of thiazole rings is 1. The summed E-state index contributed by atoms with van der Waals surface area (Å²) in [6.07, 6.45) is 1.45. The Hall–Kier alpha value is -4.31. The van der Waals surface area contributed by atoms with Gasteiger partial charge in [0, 0.05) is 11.8 Å². The Bertz CT molecular complexity index is 1550. The average Bonchev–Trinajstić information content (AvgIpc) is 3.47. The van der Waals surface area contributed by atoms with Crippen molar-refractivity contribution < 1.29 is 14.3 Å². The highest BCUT2D eigenvalue weighted by Gasteiger charge is 2.20. The van der Waals surface area contributed by atoms with Gasteiger partial charge in [-0.05, 0) is 51.7 Å². The Balaban J connectivity index is 1.51. The van der Waals surface area contributed by atoms with E-state index in [1.54, 1.807) is 17.6 Å². The molecule has 4 aromatic carbocycles. The maximum absolute atomic E-state index is 11.7. The molecule has 5 aromatic rings. The number of benzene rings is 4. The summed E-state index contributed by atoms with van der Waals surface area (Å²) in [5.74, 6) is -0.372. The van der Waals surface area contributed by atoms with Crippen molar-refractivity contribution in [1.82, 2.24) is 4.98 Å². The second-order valence-electron chi connectivity index (χ2n) is 8.23. The molecule has 0 aliphatic rings. The Morgan fingerprint density at radius 3 is 2.56 bits per heavy atom. The third-order valence-corrected chi connectivity index (χ3v) is 6.87. The highest BCUT2D eigenvalue weighted by Crippen LogP contribution is 2.36. The molecule has 176 valence electrons. The van der Waals surface area contributed by atoms with Crippen LogP contribution in [0.1, 0.15) is 38.0 Å². The van der Waals surface area contributed by atoms with Crippen LogP contribution < -0.4 is 0 Å². The van der Waals surface area contributed by atoms with E-state index < -0.39 is 0 Å². The zero-order valence-electron chi connectivity index (χ0n) is 19.5. The zero-order valence-corrected chi connectivity index (χ0v) is 20.4. The molecule has 36 heavy (non-hydrogen) atoms. The van der Waals surface area contributed by atoms with Gasteiger partial charge in [-0.3, -0.25) is 4.98 Å². The highest BCUT2D eigenvalue weighted by molar-refractivity contribution is 7.09. The van der Waals surface area contributed by atoms with Crippen molar-refractivity contribution in [3.8, 4) is 17.2 Å². The fourth-order valence-corrected chi connectivity index (χ4v) is 4.93. The number of carbonyl (C=O) groups excluding carboxylic acids is 1. The Morgan fingerprint density at radius 1 is 1.00 bits per heavy atom. The first-order valence-corrected chi connectivity index (χ1v) is 12.3. The maximum atomic E-state index is 11.7. The lowest BCUT2D eigenvalue weighted by atomic mass is 9.92. The number of nitrogens with zero attached hydrogens (tertiary/aromatic N) is 2. The summed E-state index contributed by atoms with van der Waals surface area (Å²) >= 11 is 1.52. The van der Waals surface area contributed by atoms with Crippen LogP contribution in [0, 0.1) is 11.3 Å². The van der Waals surface area contributed by atoms with Crippen molar-refractivity contribution >= 4 is 28.1 Å². The standard InChI is InChI=1S/C30H22N2O3S/c1-34-30(33)22-11-9-20(10-12-22)18-35-29(28-17-32-19-36-28)23-13-14-24(16-31)27(15-23)26-8-4-6-21-5-2-3-7-25(21)26/h2-15,17,19,29H,18H2,1H3. The van der Waals surface area contributed by atoms with Crippen LogP contribution in [0.25, 0.3) is 21.9 Å². The summed E-state index contributed by atoms with van der Waals surface area (Å²) in [6, 6.07) is 29.7. The first-order valence-electron chi connectivity index (χ1n) is 11.4. The number of fused-ring (bicyclic) bond motifs is 1. The number of hydrogen-bond donors (Lipinski definition) is 0. The number of carbonyl (C=O) groups is 1. The molecule has 0 spiro atoms. The summed E-state index contributed by atoms with van der Waals surface area (Å²) in [5.41, 5.74) is 6.63. The second-order valence-corrected chi connectivity index (χ2v) is 9.14. The third-order valence-electron chi connectivity index (χ3n) is 6.05. The van der Waals surface area contributed by atoms with Gasteiger partial charge in [0.1, 0.15) is 6.10 Å². The number of hydrogen-bond acceptors (Lipinski definition) is 6. The predicted molar refractivity (Wildman–Crippen MR) is 141 cm³/mol. The fraction of sp³-hybridized carbons (Fsp3) is 0.100. The molecule has 0 amide bonds. The number of nitriles is 1. The average molecular weight is 491 g/mol. The van der Waals surface area contributed by atoms with Crippen LogP contribution in [-0.2, 0) is 16.1 Å². The molecule has 1 aromatic heterocycles. The summed E-state index contributed by atoms with van der Waals surface area (Å²) in [6.45, 7) is 0.341. The van der Waals surface area contributed by atoms with E-state index in [2.05, 4.69) is 29.3 Å². The van der Waals surface area contributed by atoms with Crippen molar-refractivity contribution in [2.24, 2.45) is 0 Å². The topological polar surface area (TPSA) is 72.2 Å². The zero-order chi connectivity index (χ0) is 24.9. The second kappa shape index (κ2) is 10.5. The number of aromatic nitrogens is 1. The van der Waals surface area contributed by atoms with Crippen molar-refractivity contribution in [3.63, 3.8) is 0 Å². The molecule has 5 nitrogen and oxygen atoms in total. The van der Waals surface area contributed by atoms with Crippen LogP contribution in [0.5, 0.6) is 0 Å². The number of esters is 1. The minimum atomic E-state index is -0.372. The maximum Gasteiger partial charge on any atom is 0.337 e. The molecule has 1 atom stereocenters. The Kier molecular flexibility index (Phi) is 6.85. The smallest absolute Gasteiger partial charge is 0.337 e. The van der Waals surface area contributed by atoms with Crippen molar-refractivity contribution in [1.29, 1.82) is 5.26 Å². The summed E-state index contributed by atoms with van der Waals surface area (Å²) in [7, 11) is 1.36. The van der Waals surface area contributed by atoms with Crippen LogP contribution in [0.4, 0.5) is 0 Å². The lowest BCUT2D eigenvalue weighted by Gasteiger charge is -2.19. The molecule has 5 rings (SSSR count). The van der Waals surface area contributed by atoms with Gasteiger partial charge in [0.15, 0.2) is 0 Å². The normalized spacial score (nSPS) is 11.7. The molecule has 0 radical (unpaired) electrons. The van der Waals surface area contributed by atoms with E-state index in [1.807, 2.05) is 60.8 Å². The first kappa shape index (κ1) is 23.4. The third kappa shape index (κ3) is 4.76. The van der Waals surface area contributed by atoms with Crippen molar-refractivity contribution in [2.45, 2.75) is 12.7 Å². The summed E-state index contributed by atoms with van der Waals surface area (Å²) < 4.78 is 11.2. The minimum absolute atomic E-state index is 0.341. The van der Waals surface area contributed by atoms with E-state index in [9.17, 15) is 10.1 Å². The van der Waals surface area contributed by atoms with E-state index >= 15 is 0 Å². The monoisotopic (exact) mass is 490 g/mol. The first-order chi connectivity index (χ1) is 17.7. The van der Waals surface area contributed by atoms with Gasteiger partial charge in [0.25, 0.3) is 0 Å². The molecule has 0 saturated carbocycles. The lowest BCUT2D eigenvalue weighted by molar-refractivity contribution is 0.0599. The molecular weight excluding hydrogens is 468 g/mol. The van der Waals surface area contributed by atoms with Crippen LogP contribution in [-0.4, -0.2) is 18.1 Å². The van der Waals surface area contributed by atoms with Crippen LogP contribution >= 0.6 is 11.3 Å². The number of methoxy groups -OCH3 is 1. The molecule has 6 heteroatoms. The van der Waals surface area contributed by atoms with Gasteiger partial charge >= 0.3 is 5.97 Å². The molecular formula is C30H22N2O3S. The van der Waals surface area contributed by atoms with Gasteiger partial charge < -0.3 is 9.47 Å². The van der Waals surface area contributed by atoms with Gasteiger partial charge in [-0.15, -0.1) is 11.3 Å². The predicted octanol–water partition coefficient (Wildman–Crippen LogP) is 6.93. The van der Waals surface area contributed by atoms with E-state index in [0.29, 0.717) is 17.7 Å². The minimum Gasteiger partial charge on any atom is -0.465 e. The van der Waals surface area contributed by atoms with Gasteiger partial charge in [0.2, 0.25) is 0 Å². The molecule has 0 fully saturated rings. The van der Waals surface area contributed by atoms with Crippen molar-refractivity contribution in [2.75, 3.05) is 7.11 Å². The van der Waals surface area contributed by atoms with E-state index in [0.717, 1.165) is 37.9 Å². The number of rotatable bonds is 7. The Labute approximate surface area is 213 Å². The quantitative estimate of drug-likeness (QED) is 0.231. The van der Waals surface area contributed by atoms with Gasteiger partial charge in [-0.2, -0.15) is 5.26 Å². The van der Waals surface area contributed by atoms with Gasteiger partial charge in [0.05, 0.1) is 41.3 Å². The van der Waals surface area contributed by atoms with Crippen LogP contribution in [0.15, 0.2) is 96.6 Å². The molecule has 0 aliphatic carbocycles. The van der Waals surface area contributed by atoms with Crippen LogP contribution in [0.3, 0.4) is 0 Å². The fourth-order valence-electron chi connectivity index (χ4n) is 4.24.